The van der Waals surface area contributed by atoms with E-state index in [0.717, 1.165) is 6.33 Å². The first-order valence-corrected chi connectivity index (χ1v) is 18.5. The fourth-order valence-electron chi connectivity index (χ4n) is 6.56. The van der Waals surface area contributed by atoms with Gasteiger partial charge in [-0.15, -0.1) is 0 Å². The SMILES string of the molecule is COc1ccc(C(OC[C@H]2C[C@@H](OS(=O)(=O)C(F)(F)F)[C@H](n3cnc4c(NC(=O)c5ccccc5)ncnc43)O2)(c2ccccc2)c2ccc(OC)cc2)cc1. The third-order valence-corrected chi connectivity index (χ3v) is 10.3. The lowest BCUT2D eigenvalue weighted by atomic mass is 9.80. The molecule has 0 bridgehead atoms. The van der Waals surface area contributed by atoms with Gasteiger partial charge in [-0.05, 0) is 53.1 Å². The highest BCUT2D eigenvalue weighted by atomic mass is 32.2. The molecule has 6 aromatic rings. The Balaban J connectivity index is 1.26. The molecule has 1 aliphatic heterocycles. The number of hydrogen-bond acceptors (Lipinski definition) is 11. The Morgan fingerprint density at radius 1 is 0.821 bits per heavy atom. The number of amides is 1. The molecule has 1 saturated heterocycles. The number of nitrogens with one attached hydrogen (secondary N) is 1. The predicted octanol–water partition coefficient (Wildman–Crippen LogP) is 6.63. The summed E-state index contributed by atoms with van der Waals surface area (Å²) in [5.74, 6) is 0.699. The lowest BCUT2D eigenvalue weighted by molar-refractivity contribution is -0.0873. The minimum atomic E-state index is -6.09. The van der Waals surface area contributed by atoms with Crippen LogP contribution in [0.2, 0.25) is 0 Å². The summed E-state index contributed by atoms with van der Waals surface area (Å²) in [6.07, 6.45) is -2.26. The Morgan fingerprint density at radius 3 is 1.96 bits per heavy atom. The van der Waals surface area contributed by atoms with Gasteiger partial charge in [0.1, 0.15) is 29.5 Å². The van der Waals surface area contributed by atoms with E-state index >= 15 is 0 Å². The van der Waals surface area contributed by atoms with Crippen LogP contribution in [-0.4, -0.2) is 72.4 Å². The highest BCUT2D eigenvalue weighted by molar-refractivity contribution is 7.87. The van der Waals surface area contributed by atoms with Gasteiger partial charge in [0.2, 0.25) is 0 Å². The van der Waals surface area contributed by atoms with Crippen LogP contribution < -0.4 is 14.8 Å². The number of benzene rings is 4. The lowest BCUT2D eigenvalue weighted by Crippen LogP contribution is -2.36. The van der Waals surface area contributed by atoms with E-state index in [1.54, 1.807) is 68.8 Å². The first kappa shape index (κ1) is 38.4. The van der Waals surface area contributed by atoms with E-state index in [0.29, 0.717) is 33.8 Å². The van der Waals surface area contributed by atoms with Gasteiger partial charge in [0.15, 0.2) is 23.2 Å². The van der Waals surface area contributed by atoms with Crippen molar-refractivity contribution < 1.29 is 49.5 Å². The van der Waals surface area contributed by atoms with Crippen LogP contribution in [0.1, 0.15) is 39.7 Å². The van der Waals surface area contributed by atoms with Crippen molar-refractivity contribution in [3.8, 4) is 11.5 Å². The molecule has 0 unspecified atom stereocenters. The van der Waals surface area contributed by atoms with Gasteiger partial charge < -0.3 is 24.3 Å². The van der Waals surface area contributed by atoms with Crippen molar-refractivity contribution in [3.05, 3.63) is 144 Å². The van der Waals surface area contributed by atoms with Gasteiger partial charge in [0.25, 0.3) is 5.91 Å². The van der Waals surface area contributed by atoms with Crippen LogP contribution in [0.15, 0.2) is 122 Å². The van der Waals surface area contributed by atoms with Crippen molar-refractivity contribution >= 4 is 33.0 Å². The highest BCUT2D eigenvalue weighted by Crippen LogP contribution is 2.44. The van der Waals surface area contributed by atoms with Crippen molar-refractivity contribution in [2.45, 2.75) is 36.0 Å². The quantitative estimate of drug-likeness (QED) is 0.0763. The fraction of sp³-hybridized carbons (Fsp3) is 0.231. The maximum atomic E-state index is 13.7. The van der Waals surface area contributed by atoms with Crippen LogP contribution in [0.25, 0.3) is 11.2 Å². The van der Waals surface area contributed by atoms with Crippen molar-refractivity contribution in [1.82, 2.24) is 19.5 Å². The zero-order chi connectivity index (χ0) is 39.5. The lowest BCUT2D eigenvalue weighted by Gasteiger charge is -2.37. The zero-order valence-corrected chi connectivity index (χ0v) is 30.6. The normalized spacial score (nSPS) is 17.5. The van der Waals surface area contributed by atoms with Gasteiger partial charge in [-0.1, -0.05) is 72.8 Å². The van der Waals surface area contributed by atoms with Crippen LogP contribution in [0, 0.1) is 0 Å². The molecule has 56 heavy (non-hydrogen) atoms. The standard InChI is InChI=1S/C39H34F3N5O8S/c1-51-29-17-13-27(14-18-29)38(26-11-7-4-8-12-26,28-15-19-30(52-2)20-16-28)53-22-31-21-32(55-56(49,50)39(40,41)42)37(54-31)47-24-45-33-34(43-23-44-35(33)47)46-36(48)25-9-5-3-6-10-25/h3-20,23-24,31-32,37H,21-22H2,1-2H3,(H,43,44,46,48)/t31-,32-,37-/m1/s1. The Labute approximate surface area is 319 Å². The number of hydrogen-bond donors (Lipinski definition) is 1. The summed E-state index contributed by atoms with van der Waals surface area (Å²) < 4.78 is 96.1. The summed E-state index contributed by atoms with van der Waals surface area (Å²) in [6, 6.07) is 32.0. The summed E-state index contributed by atoms with van der Waals surface area (Å²) in [5.41, 5.74) is -4.54. The molecule has 0 aliphatic carbocycles. The van der Waals surface area contributed by atoms with Crippen LogP contribution in [0.5, 0.6) is 11.5 Å². The topological polar surface area (TPSA) is 153 Å². The highest BCUT2D eigenvalue weighted by Gasteiger charge is 2.52. The first-order chi connectivity index (χ1) is 26.9. The molecule has 7 rings (SSSR count). The molecular formula is C39H34F3N5O8S. The molecule has 1 aliphatic rings. The van der Waals surface area contributed by atoms with Crippen molar-refractivity contribution in [3.63, 3.8) is 0 Å². The Kier molecular flexibility index (Phi) is 10.8. The van der Waals surface area contributed by atoms with Gasteiger partial charge in [-0.25, -0.2) is 15.0 Å². The van der Waals surface area contributed by atoms with Crippen molar-refractivity contribution in [1.29, 1.82) is 0 Å². The molecule has 0 spiro atoms. The summed E-state index contributed by atoms with van der Waals surface area (Å²) in [4.78, 5) is 25.6. The molecule has 17 heteroatoms. The zero-order valence-electron chi connectivity index (χ0n) is 29.8. The van der Waals surface area contributed by atoms with Crippen molar-refractivity contribution in [2.75, 3.05) is 26.1 Å². The number of fused-ring (bicyclic) bond motifs is 1. The van der Waals surface area contributed by atoms with Gasteiger partial charge in [-0.3, -0.25) is 13.5 Å². The number of anilines is 1. The summed E-state index contributed by atoms with van der Waals surface area (Å²) in [6.45, 7) is -0.255. The minimum absolute atomic E-state index is 0.00694. The van der Waals surface area contributed by atoms with Gasteiger partial charge >= 0.3 is 15.6 Å². The van der Waals surface area contributed by atoms with Crippen LogP contribution >= 0.6 is 0 Å². The summed E-state index contributed by atoms with van der Waals surface area (Å²) in [7, 11) is -3.00. The van der Waals surface area contributed by atoms with Crippen molar-refractivity contribution in [2.24, 2.45) is 0 Å². The maximum absolute atomic E-state index is 13.7. The van der Waals surface area contributed by atoms with Gasteiger partial charge in [0.05, 0.1) is 33.3 Å². The molecule has 1 fully saturated rings. The van der Waals surface area contributed by atoms with Crippen LogP contribution in [0.4, 0.5) is 19.0 Å². The molecular weight excluding hydrogens is 756 g/mol. The fourth-order valence-corrected chi connectivity index (χ4v) is 7.17. The largest absolute Gasteiger partial charge is 0.523 e. The van der Waals surface area contributed by atoms with E-state index in [2.05, 4.69) is 20.3 Å². The Bertz CT molecular complexity index is 2350. The van der Waals surface area contributed by atoms with Crippen LogP contribution in [-0.2, 0) is 29.4 Å². The molecule has 13 nitrogen and oxygen atoms in total. The molecule has 1 amide bonds. The van der Waals surface area contributed by atoms with E-state index in [4.69, 9.17) is 23.1 Å². The van der Waals surface area contributed by atoms with E-state index in [9.17, 15) is 26.4 Å². The molecule has 2 aromatic heterocycles. The summed E-state index contributed by atoms with van der Waals surface area (Å²) in [5, 5.41) is 2.66. The second-order valence-electron chi connectivity index (χ2n) is 12.6. The molecule has 3 heterocycles. The number of aromatic nitrogens is 4. The van der Waals surface area contributed by atoms with Crippen LogP contribution in [0.3, 0.4) is 0 Å². The number of carbonyl (C=O) groups excluding carboxylic acids is 1. The minimum Gasteiger partial charge on any atom is -0.497 e. The van der Waals surface area contributed by atoms with Gasteiger partial charge in [0, 0.05) is 12.0 Å². The van der Waals surface area contributed by atoms with Gasteiger partial charge in [-0.2, -0.15) is 21.6 Å². The molecule has 0 radical (unpaired) electrons. The van der Waals surface area contributed by atoms with E-state index in [1.165, 1.54) is 10.9 Å². The molecule has 4 aromatic carbocycles. The Morgan fingerprint density at radius 2 is 1.39 bits per heavy atom. The third-order valence-electron chi connectivity index (χ3n) is 9.24. The number of rotatable bonds is 13. The second kappa shape index (κ2) is 15.7. The molecule has 3 atom stereocenters. The number of alkyl halides is 3. The second-order valence-corrected chi connectivity index (χ2v) is 14.2. The molecule has 290 valence electrons. The average molecular weight is 790 g/mol. The number of methoxy groups -OCH3 is 2. The number of carbonyl (C=O) groups is 1. The predicted molar refractivity (Wildman–Crippen MR) is 196 cm³/mol. The number of nitrogens with zero attached hydrogens (tertiary/aromatic N) is 4. The molecule has 1 N–H and O–H groups in total. The number of halogens is 3. The first-order valence-electron chi connectivity index (χ1n) is 17.1. The third kappa shape index (κ3) is 7.53. The smallest absolute Gasteiger partial charge is 0.497 e. The summed E-state index contributed by atoms with van der Waals surface area (Å²) >= 11 is 0. The van der Waals surface area contributed by atoms with E-state index in [-0.39, 0.29) is 30.0 Å². The maximum Gasteiger partial charge on any atom is 0.523 e. The number of ether oxygens (including phenoxy) is 4. The van der Waals surface area contributed by atoms with E-state index < -0.39 is 45.6 Å². The number of imidazole rings is 1. The Hall–Kier alpha value is -5.88. The van der Waals surface area contributed by atoms with E-state index in [1.807, 2.05) is 54.6 Å². The average Bonchev–Trinajstić information content (AvgIpc) is 3.83. The monoisotopic (exact) mass is 789 g/mol. The molecule has 0 saturated carbocycles.